The molecule has 0 amide bonds. The largest absolute Gasteiger partial charge is 0.354 e. The molecule has 0 unspecified atom stereocenters. The first-order valence-corrected chi connectivity index (χ1v) is 9.23. The molecule has 4 aromatic carbocycles. The molecule has 0 bridgehead atoms. The van der Waals surface area contributed by atoms with E-state index in [-0.39, 0.29) is 5.41 Å². The molecule has 5 aromatic rings. The lowest BCUT2D eigenvalue weighted by Gasteiger charge is -2.21. The number of hydrogen-bond donors (Lipinski definition) is 1. The summed E-state index contributed by atoms with van der Waals surface area (Å²) in [4.78, 5) is 3.66. The third-order valence-corrected chi connectivity index (χ3v) is 6.20. The summed E-state index contributed by atoms with van der Waals surface area (Å²) in [5.41, 5.74) is 8.13. The highest BCUT2D eigenvalue weighted by atomic mass is 14.7. The molecule has 0 aliphatic heterocycles. The molecule has 0 saturated carbocycles. The van der Waals surface area contributed by atoms with Gasteiger partial charge in [0, 0.05) is 27.2 Å². The van der Waals surface area contributed by atoms with Crippen molar-refractivity contribution in [2.75, 3.05) is 0 Å². The van der Waals surface area contributed by atoms with E-state index < -0.39 is 0 Å². The standard InChI is InChI=1S/C25H19N/c1-25(2)18-10-6-5-9-17(18)22-19(25)12-14-21-24(22)23-16-8-4-3-7-15(16)11-13-20(23)26-21/h3-14,26H,1-2H3. The number of hydrogen-bond acceptors (Lipinski definition) is 0. The highest BCUT2D eigenvalue weighted by molar-refractivity contribution is 6.25. The second-order valence-corrected chi connectivity index (χ2v) is 7.92. The van der Waals surface area contributed by atoms with Crippen LogP contribution in [-0.4, -0.2) is 4.98 Å². The molecule has 0 spiro atoms. The smallest absolute Gasteiger partial charge is 0.0471 e. The Balaban J connectivity index is 1.92. The van der Waals surface area contributed by atoms with E-state index in [1.54, 1.807) is 0 Å². The topological polar surface area (TPSA) is 15.8 Å². The van der Waals surface area contributed by atoms with Gasteiger partial charge in [-0.25, -0.2) is 0 Å². The van der Waals surface area contributed by atoms with E-state index in [4.69, 9.17) is 0 Å². The van der Waals surface area contributed by atoms with Gasteiger partial charge in [-0.3, -0.25) is 0 Å². The molecule has 26 heavy (non-hydrogen) atoms. The number of nitrogens with one attached hydrogen (secondary N) is 1. The van der Waals surface area contributed by atoms with Crippen LogP contribution in [0.4, 0.5) is 0 Å². The Morgan fingerprint density at radius 2 is 1.38 bits per heavy atom. The summed E-state index contributed by atoms with van der Waals surface area (Å²) in [7, 11) is 0. The van der Waals surface area contributed by atoms with E-state index in [0.717, 1.165) is 0 Å². The SMILES string of the molecule is CC1(C)c2ccccc2-c2c1ccc1[nH]c3ccc4ccccc4c3c21. The van der Waals surface area contributed by atoms with E-state index >= 15 is 0 Å². The molecule has 0 atom stereocenters. The van der Waals surface area contributed by atoms with Gasteiger partial charge in [-0.1, -0.05) is 74.5 Å². The van der Waals surface area contributed by atoms with E-state index in [2.05, 4.69) is 91.6 Å². The third kappa shape index (κ3) is 1.56. The highest BCUT2D eigenvalue weighted by Gasteiger charge is 2.36. The van der Waals surface area contributed by atoms with Crippen molar-refractivity contribution in [1.82, 2.24) is 4.98 Å². The first-order valence-electron chi connectivity index (χ1n) is 9.23. The number of aromatic nitrogens is 1. The van der Waals surface area contributed by atoms with E-state index in [0.29, 0.717) is 0 Å². The Morgan fingerprint density at radius 1 is 0.654 bits per heavy atom. The number of aromatic amines is 1. The minimum Gasteiger partial charge on any atom is -0.354 e. The quantitative estimate of drug-likeness (QED) is 0.321. The van der Waals surface area contributed by atoms with Crippen LogP contribution in [0.15, 0.2) is 72.8 Å². The van der Waals surface area contributed by atoms with Crippen molar-refractivity contribution in [2.24, 2.45) is 0 Å². The Labute approximate surface area is 152 Å². The van der Waals surface area contributed by atoms with Crippen LogP contribution in [0.3, 0.4) is 0 Å². The zero-order valence-corrected chi connectivity index (χ0v) is 14.9. The van der Waals surface area contributed by atoms with Crippen molar-refractivity contribution in [2.45, 2.75) is 19.3 Å². The molecular formula is C25H19N. The fraction of sp³-hybridized carbons (Fsp3) is 0.120. The van der Waals surface area contributed by atoms with Crippen LogP contribution < -0.4 is 0 Å². The lowest BCUT2D eigenvalue weighted by Crippen LogP contribution is -2.14. The Kier molecular flexibility index (Phi) is 2.48. The molecule has 1 aromatic heterocycles. The molecule has 1 N–H and O–H groups in total. The Morgan fingerprint density at radius 3 is 2.31 bits per heavy atom. The molecule has 1 aliphatic rings. The maximum Gasteiger partial charge on any atom is 0.0471 e. The second-order valence-electron chi connectivity index (χ2n) is 7.92. The predicted molar refractivity (Wildman–Crippen MR) is 111 cm³/mol. The molecule has 0 saturated heterocycles. The van der Waals surface area contributed by atoms with Crippen molar-refractivity contribution in [3.05, 3.63) is 83.9 Å². The van der Waals surface area contributed by atoms with Crippen molar-refractivity contribution in [3.8, 4) is 11.1 Å². The zero-order chi connectivity index (χ0) is 17.5. The number of fused-ring (bicyclic) bond motifs is 9. The Bertz CT molecular complexity index is 1350. The number of H-pyrrole nitrogens is 1. The van der Waals surface area contributed by atoms with Crippen LogP contribution in [0, 0.1) is 0 Å². The fourth-order valence-corrected chi connectivity index (χ4v) is 4.95. The summed E-state index contributed by atoms with van der Waals surface area (Å²) < 4.78 is 0. The van der Waals surface area contributed by atoms with E-state index in [1.165, 1.54) is 54.8 Å². The number of benzene rings is 4. The lowest BCUT2D eigenvalue weighted by atomic mass is 9.82. The van der Waals surface area contributed by atoms with Gasteiger partial charge < -0.3 is 4.98 Å². The molecule has 1 nitrogen and oxygen atoms in total. The van der Waals surface area contributed by atoms with Gasteiger partial charge in [-0.15, -0.1) is 0 Å². The molecule has 1 heteroatoms. The lowest BCUT2D eigenvalue weighted by molar-refractivity contribution is 0.661. The van der Waals surface area contributed by atoms with Gasteiger partial charge in [0.25, 0.3) is 0 Å². The van der Waals surface area contributed by atoms with E-state index in [1.807, 2.05) is 0 Å². The van der Waals surface area contributed by atoms with Crippen molar-refractivity contribution < 1.29 is 0 Å². The van der Waals surface area contributed by atoms with Crippen LogP contribution in [0.25, 0.3) is 43.7 Å². The van der Waals surface area contributed by atoms with Gasteiger partial charge in [0.1, 0.15) is 0 Å². The average Bonchev–Trinajstić information content (AvgIpc) is 3.16. The first-order chi connectivity index (χ1) is 12.7. The van der Waals surface area contributed by atoms with Crippen molar-refractivity contribution in [1.29, 1.82) is 0 Å². The summed E-state index contributed by atoms with van der Waals surface area (Å²) in [6.07, 6.45) is 0. The molecule has 0 fully saturated rings. The summed E-state index contributed by atoms with van der Waals surface area (Å²) in [5.74, 6) is 0. The maximum atomic E-state index is 3.66. The molecule has 124 valence electrons. The summed E-state index contributed by atoms with van der Waals surface area (Å²) >= 11 is 0. The monoisotopic (exact) mass is 333 g/mol. The minimum atomic E-state index is 0.0360. The summed E-state index contributed by atoms with van der Waals surface area (Å²) in [5, 5.41) is 5.34. The van der Waals surface area contributed by atoms with Crippen LogP contribution >= 0.6 is 0 Å². The van der Waals surface area contributed by atoms with Crippen LogP contribution in [0.1, 0.15) is 25.0 Å². The third-order valence-electron chi connectivity index (χ3n) is 6.20. The Hall–Kier alpha value is -3.06. The maximum absolute atomic E-state index is 3.66. The molecule has 1 heterocycles. The highest BCUT2D eigenvalue weighted by Crippen LogP contribution is 2.52. The first kappa shape index (κ1) is 14.1. The molecule has 1 aliphatic carbocycles. The molecular weight excluding hydrogens is 314 g/mol. The van der Waals surface area contributed by atoms with Crippen LogP contribution in [-0.2, 0) is 5.41 Å². The molecule has 0 radical (unpaired) electrons. The van der Waals surface area contributed by atoms with Crippen molar-refractivity contribution in [3.63, 3.8) is 0 Å². The zero-order valence-electron chi connectivity index (χ0n) is 14.9. The van der Waals surface area contributed by atoms with E-state index in [9.17, 15) is 0 Å². The second kappa shape index (κ2) is 4.56. The van der Waals surface area contributed by atoms with Gasteiger partial charge in [-0.2, -0.15) is 0 Å². The fourth-order valence-electron chi connectivity index (χ4n) is 4.95. The van der Waals surface area contributed by atoms with Gasteiger partial charge in [0.2, 0.25) is 0 Å². The van der Waals surface area contributed by atoms with Gasteiger partial charge >= 0.3 is 0 Å². The van der Waals surface area contributed by atoms with Crippen LogP contribution in [0.2, 0.25) is 0 Å². The van der Waals surface area contributed by atoms with Gasteiger partial charge in [0.05, 0.1) is 0 Å². The summed E-state index contributed by atoms with van der Waals surface area (Å²) in [6, 6.07) is 26.6. The molecule has 6 rings (SSSR count). The van der Waals surface area contributed by atoms with Crippen molar-refractivity contribution >= 4 is 32.6 Å². The minimum absolute atomic E-state index is 0.0360. The predicted octanol–water partition coefficient (Wildman–Crippen LogP) is 6.78. The van der Waals surface area contributed by atoms with Crippen LogP contribution in [0.5, 0.6) is 0 Å². The number of rotatable bonds is 0. The average molecular weight is 333 g/mol. The van der Waals surface area contributed by atoms with Gasteiger partial charge in [0.15, 0.2) is 0 Å². The van der Waals surface area contributed by atoms with Gasteiger partial charge in [-0.05, 0) is 45.2 Å². The summed E-state index contributed by atoms with van der Waals surface area (Å²) in [6.45, 7) is 4.69. The normalized spacial score (nSPS) is 14.8.